The van der Waals surface area contributed by atoms with Crippen LogP contribution in [0.1, 0.15) is 34.8 Å². The Morgan fingerprint density at radius 3 is 2.15 bits per heavy atom. The summed E-state index contributed by atoms with van der Waals surface area (Å²) < 4.78 is 15.9. The molecule has 0 radical (unpaired) electrons. The van der Waals surface area contributed by atoms with Crippen LogP contribution in [-0.4, -0.2) is 15.3 Å². The summed E-state index contributed by atoms with van der Waals surface area (Å²) in [6.07, 6.45) is 0.937. The topological polar surface area (TPSA) is 34.9 Å². The van der Waals surface area contributed by atoms with Crippen molar-refractivity contribution >= 4 is 16.8 Å². The quantitative estimate of drug-likeness (QED) is 0.256. The molecule has 5 rings (SSSR count). The number of fused-ring (bicyclic) bond motifs is 1. The van der Waals surface area contributed by atoms with Crippen molar-refractivity contribution in [2.75, 3.05) is 0 Å². The largest absolute Gasteiger partial charge is 0.316 e. The molecular weight excluding hydrogens is 411 g/mol. The average Bonchev–Trinajstić information content (AvgIpc) is 3.26. The minimum Gasteiger partial charge on any atom is -0.316 e. The van der Waals surface area contributed by atoms with Crippen molar-refractivity contribution < 1.29 is 9.18 Å². The Bertz CT molecular complexity index is 1380. The fourth-order valence-corrected chi connectivity index (χ4v) is 4.32. The van der Waals surface area contributed by atoms with E-state index in [0.29, 0.717) is 18.4 Å². The first-order chi connectivity index (χ1) is 16.2. The van der Waals surface area contributed by atoms with E-state index in [-0.39, 0.29) is 17.6 Å². The predicted octanol–water partition coefficient (Wildman–Crippen LogP) is 7.09. The second-order valence-corrected chi connectivity index (χ2v) is 8.06. The number of nitrogens with zero attached hydrogens (tertiary/aromatic N) is 2. The highest BCUT2D eigenvalue weighted by Gasteiger charge is 2.23. The summed E-state index contributed by atoms with van der Waals surface area (Å²) in [7, 11) is 0. The number of carbonyl (C=O) groups excluding carboxylic acids is 1. The highest BCUT2D eigenvalue weighted by atomic mass is 19.1. The van der Waals surface area contributed by atoms with Gasteiger partial charge in [0.1, 0.15) is 11.6 Å². The van der Waals surface area contributed by atoms with Crippen molar-refractivity contribution in [2.45, 2.75) is 18.9 Å². The molecule has 0 aliphatic heterocycles. The number of para-hydroxylation sites is 2. The van der Waals surface area contributed by atoms with Gasteiger partial charge in [-0.3, -0.25) is 4.79 Å². The minimum atomic E-state index is -0.281. The first-order valence-electron chi connectivity index (χ1n) is 11.1. The maximum Gasteiger partial charge on any atom is 0.162 e. The monoisotopic (exact) mass is 434 g/mol. The van der Waals surface area contributed by atoms with Crippen molar-refractivity contribution in [1.82, 2.24) is 9.55 Å². The summed E-state index contributed by atoms with van der Waals surface area (Å²) in [4.78, 5) is 17.9. The molecule has 0 N–H and O–H groups in total. The number of imidazole rings is 1. The molecule has 1 heterocycles. The van der Waals surface area contributed by atoms with Crippen LogP contribution in [0.5, 0.6) is 0 Å². The van der Waals surface area contributed by atoms with Crippen LogP contribution in [0.4, 0.5) is 4.39 Å². The first kappa shape index (κ1) is 20.8. The number of carbonyl (C=O) groups is 1. The average molecular weight is 435 g/mol. The van der Waals surface area contributed by atoms with Crippen LogP contribution in [0.25, 0.3) is 22.4 Å². The van der Waals surface area contributed by atoms with E-state index >= 15 is 0 Å². The van der Waals surface area contributed by atoms with E-state index in [1.165, 1.54) is 12.1 Å². The third kappa shape index (κ3) is 4.33. The summed E-state index contributed by atoms with van der Waals surface area (Å²) in [6, 6.07) is 33.8. The SMILES string of the molecule is O=C(CCC(c1ccc(F)cc1)n1c(-c2ccccc2)nc2ccccc21)c1ccccc1. The number of hydrogen-bond donors (Lipinski definition) is 0. The molecule has 3 nitrogen and oxygen atoms in total. The highest BCUT2D eigenvalue weighted by Crippen LogP contribution is 2.34. The Labute approximate surface area is 192 Å². The highest BCUT2D eigenvalue weighted by molar-refractivity contribution is 5.96. The molecule has 33 heavy (non-hydrogen) atoms. The maximum absolute atomic E-state index is 13.8. The summed E-state index contributed by atoms with van der Waals surface area (Å²) in [5.74, 6) is 0.642. The van der Waals surface area contributed by atoms with Crippen molar-refractivity contribution in [3.05, 3.63) is 126 Å². The van der Waals surface area contributed by atoms with Gasteiger partial charge in [0, 0.05) is 17.5 Å². The van der Waals surface area contributed by atoms with Crippen LogP contribution in [0.15, 0.2) is 109 Å². The number of halogens is 1. The molecule has 0 saturated heterocycles. The predicted molar refractivity (Wildman–Crippen MR) is 130 cm³/mol. The van der Waals surface area contributed by atoms with E-state index < -0.39 is 0 Å². The number of aromatic nitrogens is 2. The van der Waals surface area contributed by atoms with Gasteiger partial charge in [0.2, 0.25) is 0 Å². The molecule has 5 aromatic rings. The van der Waals surface area contributed by atoms with E-state index in [0.717, 1.165) is 28.0 Å². The second-order valence-electron chi connectivity index (χ2n) is 8.06. The zero-order valence-corrected chi connectivity index (χ0v) is 18.1. The van der Waals surface area contributed by atoms with Gasteiger partial charge in [-0.25, -0.2) is 9.37 Å². The zero-order chi connectivity index (χ0) is 22.6. The third-order valence-corrected chi connectivity index (χ3v) is 5.93. The fourth-order valence-electron chi connectivity index (χ4n) is 4.32. The Morgan fingerprint density at radius 1 is 0.788 bits per heavy atom. The van der Waals surface area contributed by atoms with Crippen LogP contribution in [-0.2, 0) is 0 Å². The molecule has 1 atom stereocenters. The molecule has 4 aromatic carbocycles. The van der Waals surface area contributed by atoms with Crippen molar-refractivity contribution in [1.29, 1.82) is 0 Å². The summed E-state index contributed by atoms with van der Waals surface area (Å²) in [5.41, 5.74) is 4.51. The van der Waals surface area contributed by atoms with Crippen LogP contribution in [0.2, 0.25) is 0 Å². The van der Waals surface area contributed by atoms with Gasteiger partial charge in [-0.15, -0.1) is 0 Å². The Morgan fingerprint density at radius 2 is 1.42 bits per heavy atom. The van der Waals surface area contributed by atoms with Crippen LogP contribution in [0.3, 0.4) is 0 Å². The number of rotatable bonds is 7. The van der Waals surface area contributed by atoms with Crippen molar-refractivity contribution in [3.8, 4) is 11.4 Å². The molecule has 0 amide bonds. The van der Waals surface area contributed by atoms with E-state index in [1.807, 2.05) is 84.9 Å². The van der Waals surface area contributed by atoms with Gasteiger partial charge < -0.3 is 4.57 Å². The Kier molecular flexibility index (Phi) is 5.81. The smallest absolute Gasteiger partial charge is 0.162 e. The van der Waals surface area contributed by atoms with E-state index in [2.05, 4.69) is 4.57 Å². The molecule has 1 aromatic heterocycles. The summed E-state index contributed by atoms with van der Waals surface area (Å²) in [5, 5.41) is 0. The van der Waals surface area contributed by atoms with Gasteiger partial charge in [0.25, 0.3) is 0 Å². The van der Waals surface area contributed by atoms with E-state index in [4.69, 9.17) is 4.98 Å². The molecule has 0 saturated carbocycles. The standard InChI is InChI=1S/C29H23FN2O/c30-24-17-15-21(16-18-24)26(19-20-28(33)22-9-3-1-4-10-22)32-27-14-8-7-13-25(27)31-29(32)23-11-5-2-6-12-23/h1-18,26H,19-20H2. The molecule has 0 spiro atoms. The third-order valence-electron chi connectivity index (χ3n) is 5.93. The molecule has 0 bridgehead atoms. The van der Waals surface area contributed by atoms with Crippen molar-refractivity contribution in [3.63, 3.8) is 0 Å². The number of hydrogen-bond acceptors (Lipinski definition) is 2. The lowest BCUT2D eigenvalue weighted by Crippen LogP contribution is -2.14. The second kappa shape index (κ2) is 9.21. The molecule has 162 valence electrons. The van der Waals surface area contributed by atoms with Gasteiger partial charge in [-0.2, -0.15) is 0 Å². The molecule has 4 heteroatoms. The number of Topliss-reactive ketones (excluding diaryl/α,β-unsaturated/α-hetero) is 1. The summed E-state index contributed by atoms with van der Waals surface area (Å²) in [6.45, 7) is 0. The molecule has 0 aliphatic carbocycles. The van der Waals surface area contributed by atoms with E-state index in [9.17, 15) is 9.18 Å². The lowest BCUT2D eigenvalue weighted by atomic mass is 9.97. The lowest BCUT2D eigenvalue weighted by Gasteiger charge is -2.23. The van der Waals surface area contributed by atoms with Gasteiger partial charge in [-0.1, -0.05) is 84.9 Å². The molecule has 1 unspecified atom stereocenters. The normalized spacial score (nSPS) is 12.0. The van der Waals surface area contributed by atoms with Gasteiger partial charge in [-0.05, 0) is 36.2 Å². The number of benzene rings is 4. The van der Waals surface area contributed by atoms with Gasteiger partial charge in [0.15, 0.2) is 5.78 Å². The first-order valence-corrected chi connectivity index (χ1v) is 11.1. The molecule has 0 fully saturated rings. The van der Waals surface area contributed by atoms with Crippen molar-refractivity contribution in [2.24, 2.45) is 0 Å². The fraction of sp³-hybridized carbons (Fsp3) is 0.103. The molecule has 0 aliphatic rings. The van der Waals surface area contributed by atoms with E-state index in [1.54, 1.807) is 12.1 Å². The Balaban J connectivity index is 1.62. The van der Waals surface area contributed by atoms with Crippen LogP contribution in [0, 0.1) is 5.82 Å². The summed E-state index contributed by atoms with van der Waals surface area (Å²) >= 11 is 0. The number of ketones is 1. The Hall–Kier alpha value is -4.05. The maximum atomic E-state index is 13.8. The minimum absolute atomic E-state index is 0.0911. The zero-order valence-electron chi connectivity index (χ0n) is 18.1. The molecular formula is C29H23FN2O. The van der Waals surface area contributed by atoms with Crippen LogP contribution < -0.4 is 0 Å². The van der Waals surface area contributed by atoms with Crippen LogP contribution >= 0.6 is 0 Å². The van der Waals surface area contributed by atoms with Gasteiger partial charge in [0.05, 0.1) is 17.1 Å². The lowest BCUT2D eigenvalue weighted by molar-refractivity contribution is 0.0976. The van der Waals surface area contributed by atoms with Gasteiger partial charge >= 0.3 is 0 Å².